The predicted molar refractivity (Wildman–Crippen MR) is 40.0 cm³/mol. The number of rotatable bonds is 1. The molecule has 0 fully saturated rings. The van der Waals surface area contributed by atoms with E-state index in [9.17, 15) is 0 Å². The molecular weight excluding hydrogens is 108 g/mol. The lowest BCUT2D eigenvalue weighted by Gasteiger charge is -2.09. The van der Waals surface area contributed by atoms with Crippen molar-refractivity contribution in [2.45, 2.75) is 33.6 Å². The molecular formula is C9H15. The molecule has 0 heterocycles. The standard InChI is InChI=1S/C9H15/c1-7(2)9-5-4-8(3)6-9/h7,9H,4-5H2,1-3H3/t9-/m0/s1. The van der Waals surface area contributed by atoms with Crippen LogP contribution in [0.4, 0.5) is 0 Å². The van der Waals surface area contributed by atoms with E-state index in [2.05, 4.69) is 26.8 Å². The van der Waals surface area contributed by atoms with Crippen LogP contribution in [0.15, 0.2) is 5.57 Å². The quantitative estimate of drug-likeness (QED) is 0.503. The van der Waals surface area contributed by atoms with E-state index in [4.69, 9.17) is 0 Å². The zero-order valence-corrected chi connectivity index (χ0v) is 6.57. The molecule has 0 aromatic carbocycles. The van der Waals surface area contributed by atoms with Crippen molar-refractivity contribution in [2.24, 2.45) is 11.8 Å². The average Bonchev–Trinajstić information content (AvgIpc) is 2.14. The first-order valence-corrected chi connectivity index (χ1v) is 3.79. The molecule has 1 rings (SSSR count). The van der Waals surface area contributed by atoms with Gasteiger partial charge in [-0.3, -0.25) is 0 Å². The van der Waals surface area contributed by atoms with Crippen molar-refractivity contribution in [1.82, 2.24) is 0 Å². The van der Waals surface area contributed by atoms with Crippen molar-refractivity contribution in [3.8, 4) is 0 Å². The van der Waals surface area contributed by atoms with Crippen LogP contribution in [-0.4, -0.2) is 0 Å². The lowest BCUT2D eigenvalue weighted by atomic mass is 9.96. The normalized spacial score (nSPS) is 27.1. The SMILES string of the molecule is CC1=[C][C@@H](C(C)C)CC1. The van der Waals surface area contributed by atoms with Gasteiger partial charge in [0.1, 0.15) is 0 Å². The molecule has 0 amide bonds. The van der Waals surface area contributed by atoms with E-state index in [1.165, 1.54) is 18.4 Å². The molecule has 1 radical (unpaired) electrons. The van der Waals surface area contributed by atoms with Gasteiger partial charge in [-0.15, -0.1) is 0 Å². The van der Waals surface area contributed by atoms with Gasteiger partial charge in [-0.2, -0.15) is 0 Å². The summed E-state index contributed by atoms with van der Waals surface area (Å²) in [5, 5.41) is 0. The Morgan fingerprint density at radius 3 is 2.44 bits per heavy atom. The number of hydrogen-bond acceptors (Lipinski definition) is 0. The van der Waals surface area contributed by atoms with Gasteiger partial charge in [0.15, 0.2) is 0 Å². The fourth-order valence-corrected chi connectivity index (χ4v) is 1.33. The predicted octanol–water partition coefficient (Wildman–Crippen LogP) is 2.80. The zero-order valence-electron chi connectivity index (χ0n) is 6.57. The first-order valence-electron chi connectivity index (χ1n) is 3.79. The third-order valence-electron chi connectivity index (χ3n) is 2.07. The van der Waals surface area contributed by atoms with Crippen molar-refractivity contribution in [2.75, 3.05) is 0 Å². The van der Waals surface area contributed by atoms with Gasteiger partial charge in [-0.05, 0) is 37.7 Å². The molecule has 1 atom stereocenters. The Hall–Kier alpha value is -0.260. The van der Waals surface area contributed by atoms with Crippen LogP contribution >= 0.6 is 0 Å². The van der Waals surface area contributed by atoms with Crippen LogP contribution in [0.2, 0.25) is 0 Å². The van der Waals surface area contributed by atoms with Gasteiger partial charge in [-0.1, -0.05) is 19.4 Å². The smallest absolute Gasteiger partial charge is 0.0134 e. The van der Waals surface area contributed by atoms with E-state index in [-0.39, 0.29) is 0 Å². The molecule has 0 unspecified atom stereocenters. The topological polar surface area (TPSA) is 0 Å². The van der Waals surface area contributed by atoms with E-state index in [1.54, 1.807) is 0 Å². The van der Waals surface area contributed by atoms with Gasteiger partial charge in [0.05, 0.1) is 0 Å². The highest BCUT2D eigenvalue weighted by Crippen LogP contribution is 2.27. The van der Waals surface area contributed by atoms with Crippen LogP contribution < -0.4 is 0 Å². The van der Waals surface area contributed by atoms with E-state index in [0.29, 0.717) is 0 Å². The Morgan fingerprint density at radius 1 is 1.56 bits per heavy atom. The lowest BCUT2D eigenvalue weighted by molar-refractivity contribution is 0.449. The second-order valence-electron chi connectivity index (χ2n) is 3.31. The molecule has 0 saturated carbocycles. The first kappa shape index (κ1) is 6.85. The summed E-state index contributed by atoms with van der Waals surface area (Å²) in [6.07, 6.45) is 6.09. The van der Waals surface area contributed by atoms with Gasteiger partial charge in [0.2, 0.25) is 0 Å². The minimum absolute atomic E-state index is 0.755. The Morgan fingerprint density at radius 2 is 2.22 bits per heavy atom. The molecule has 0 spiro atoms. The summed E-state index contributed by atoms with van der Waals surface area (Å²) in [5.41, 5.74) is 1.47. The van der Waals surface area contributed by atoms with Crippen molar-refractivity contribution in [3.63, 3.8) is 0 Å². The van der Waals surface area contributed by atoms with Gasteiger partial charge in [-0.25, -0.2) is 0 Å². The Balaban J connectivity index is 2.47. The fourth-order valence-electron chi connectivity index (χ4n) is 1.33. The summed E-state index contributed by atoms with van der Waals surface area (Å²) in [7, 11) is 0. The highest BCUT2D eigenvalue weighted by molar-refractivity contribution is 5.02. The lowest BCUT2D eigenvalue weighted by Crippen LogP contribution is -2.01. The number of hydrogen-bond donors (Lipinski definition) is 0. The summed E-state index contributed by atoms with van der Waals surface area (Å²) >= 11 is 0. The zero-order chi connectivity index (χ0) is 6.85. The monoisotopic (exact) mass is 123 g/mol. The molecule has 1 aliphatic rings. The summed E-state index contributed by atoms with van der Waals surface area (Å²) in [6.45, 7) is 6.73. The third kappa shape index (κ3) is 1.57. The molecule has 51 valence electrons. The second kappa shape index (κ2) is 2.55. The van der Waals surface area contributed by atoms with Gasteiger partial charge >= 0.3 is 0 Å². The van der Waals surface area contributed by atoms with Crippen LogP contribution in [0.25, 0.3) is 0 Å². The van der Waals surface area contributed by atoms with E-state index in [0.717, 1.165) is 11.8 Å². The molecule has 0 nitrogen and oxygen atoms in total. The van der Waals surface area contributed by atoms with E-state index < -0.39 is 0 Å². The highest BCUT2D eigenvalue weighted by Gasteiger charge is 2.16. The summed E-state index contributed by atoms with van der Waals surface area (Å²) < 4.78 is 0. The van der Waals surface area contributed by atoms with Crippen LogP contribution in [-0.2, 0) is 0 Å². The summed E-state index contributed by atoms with van der Waals surface area (Å²) in [5.74, 6) is 1.55. The third-order valence-corrected chi connectivity index (χ3v) is 2.07. The van der Waals surface area contributed by atoms with Crippen LogP contribution in [0, 0.1) is 17.9 Å². The van der Waals surface area contributed by atoms with Gasteiger partial charge < -0.3 is 0 Å². The largest absolute Gasteiger partial charge is 0.0695 e. The first-order chi connectivity index (χ1) is 4.20. The van der Waals surface area contributed by atoms with Crippen molar-refractivity contribution >= 4 is 0 Å². The maximum Gasteiger partial charge on any atom is -0.0134 e. The van der Waals surface area contributed by atoms with Crippen molar-refractivity contribution in [3.05, 3.63) is 11.6 Å². The summed E-state index contributed by atoms with van der Waals surface area (Å²) in [4.78, 5) is 0. The molecule has 0 saturated heterocycles. The van der Waals surface area contributed by atoms with Crippen LogP contribution in [0.3, 0.4) is 0 Å². The second-order valence-corrected chi connectivity index (χ2v) is 3.31. The van der Waals surface area contributed by atoms with Gasteiger partial charge in [0, 0.05) is 0 Å². The van der Waals surface area contributed by atoms with E-state index in [1.807, 2.05) is 0 Å². The van der Waals surface area contributed by atoms with Crippen molar-refractivity contribution in [1.29, 1.82) is 0 Å². The van der Waals surface area contributed by atoms with E-state index >= 15 is 0 Å². The molecule has 0 N–H and O–H groups in total. The van der Waals surface area contributed by atoms with Crippen molar-refractivity contribution < 1.29 is 0 Å². The Labute approximate surface area is 58.0 Å². The van der Waals surface area contributed by atoms with Gasteiger partial charge in [0.25, 0.3) is 0 Å². The minimum Gasteiger partial charge on any atom is -0.0695 e. The maximum atomic E-state index is 3.47. The molecule has 0 bridgehead atoms. The Bertz CT molecular complexity index is 120. The van der Waals surface area contributed by atoms with Crippen LogP contribution in [0.5, 0.6) is 0 Å². The highest BCUT2D eigenvalue weighted by atomic mass is 14.2. The maximum absolute atomic E-state index is 3.47. The molecule has 0 aliphatic heterocycles. The summed E-state index contributed by atoms with van der Waals surface area (Å²) in [6, 6.07) is 0. The molecule has 0 heteroatoms. The fraction of sp³-hybridized carbons (Fsp3) is 0.778. The average molecular weight is 123 g/mol. The molecule has 9 heavy (non-hydrogen) atoms. The molecule has 0 aromatic rings. The minimum atomic E-state index is 0.755. The molecule has 0 aromatic heterocycles. The number of allylic oxidation sites excluding steroid dienone is 2. The van der Waals surface area contributed by atoms with Crippen LogP contribution in [0.1, 0.15) is 33.6 Å². The molecule has 1 aliphatic carbocycles. The Kier molecular flexibility index (Phi) is 1.94.